The Morgan fingerprint density at radius 1 is 1.41 bits per heavy atom. The molecule has 0 aliphatic rings. The van der Waals surface area contributed by atoms with Crippen molar-refractivity contribution in [2.24, 2.45) is 0 Å². The number of methoxy groups -OCH3 is 1. The van der Waals surface area contributed by atoms with E-state index in [1.165, 1.54) is 0 Å². The summed E-state index contributed by atoms with van der Waals surface area (Å²) in [6.07, 6.45) is 1.71. The molecular weight excluding hydrogens is 286 g/mol. The van der Waals surface area contributed by atoms with Gasteiger partial charge in [0.05, 0.1) is 7.11 Å². The van der Waals surface area contributed by atoms with Gasteiger partial charge in [-0.1, -0.05) is 6.07 Å². The monoisotopic (exact) mass is 295 g/mol. The highest BCUT2D eigenvalue weighted by Gasteiger charge is 2.13. The van der Waals surface area contributed by atoms with Crippen LogP contribution >= 0.6 is 15.9 Å². The highest BCUT2D eigenvalue weighted by Crippen LogP contribution is 2.22. The number of benzene rings is 1. The molecule has 0 aliphatic carbocycles. The lowest BCUT2D eigenvalue weighted by Gasteiger charge is -2.07. The van der Waals surface area contributed by atoms with E-state index in [1.54, 1.807) is 30.0 Å². The molecule has 5 heteroatoms. The van der Waals surface area contributed by atoms with Crippen LogP contribution in [0, 0.1) is 0 Å². The van der Waals surface area contributed by atoms with Crippen molar-refractivity contribution >= 4 is 21.9 Å². The number of aromatic nitrogens is 1. The molecule has 0 spiro atoms. The minimum absolute atomic E-state index is 0.199. The van der Waals surface area contributed by atoms with Crippen LogP contribution in [0.4, 0.5) is 0 Å². The van der Waals surface area contributed by atoms with Gasteiger partial charge in [-0.2, -0.15) is 0 Å². The maximum atomic E-state index is 11.1. The molecule has 2 aromatic rings. The lowest BCUT2D eigenvalue weighted by atomic mass is 10.3. The maximum absolute atomic E-state index is 11.1. The van der Waals surface area contributed by atoms with Gasteiger partial charge in [-0.3, -0.25) is 0 Å². The van der Waals surface area contributed by atoms with E-state index in [4.69, 9.17) is 9.84 Å². The Kier molecular flexibility index (Phi) is 3.19. The number of ether oxygens (including phenoxy) is 1. The molecule has 0 bridgehead atoms. The molecule has 4 nitrogen and oxygen atoms in total. The van der Waals surface area contributed by atoms with Gasteiger partial charge >= 0.3 is 5.97 Å². The molecule has 0 fully saturated rings. The summed E-state index contributed by atoms with van der Waals surface area (Å²) in [6, 6.07) is 8.78. The fourth-order valence-corrected chi connectivity index (χ4v) is 1.99. The van der Waals surface area contributed by atoms with Gasteiger partial charge in [0.1, 0.15) is 11.4 Å². The van der Waals surface area contributed by atoms with Gasteiger partial charge in [-0.05, 0) is 34.1 Å². The number of halogens is 1. The van der Waals surface area contributed by atoms with E-state index in [0.717, 1.165) is 10.2 Å². The van der Waals surface area contributed by atoms with Gasteiger partial charge in [-0.25, -0.2) is 4.79 Å². The maximum Gasteiger partial charge on any atom is 0.352 e. The Morgan fingerprint density at radius 3 is 2.82 bits per heavy atom. The molecule has 88 valence electrons. The van der Waals surface area contributed by atoms with Crippen molar-refractivity contribution in [3.63, 3.8) is 0 Å². The van der Waals surface area contributed by atoms with Crippen LogP contribution in [-0.2, 0) is 0 Å². The van der Waals surface area contributed by atoms with Crippen LogP contribution in [0.1, 0.15) is 10.5 Å². The molecule has 2 rings (SSSR count). The highest BCUT2D eigenvalue weighted by molar-refractivity contribution is 9.10. The molecule has 0 atom stereocenters. The predicted octanol–water partition coefficient (Wildman–Crippen LogP) is 2.95. The first-order chi connectivity index (χ1) is 8.11. The van der Waals surface area contributed by atoms with Crippen LogP contribution in [0.5, 0.6) is 5.75 Å². The van der Waals surface area contributed by atoms with Crippen LogP contribution < -0.4 is 4.74 Å². The van der Waals surface area contributed by atoms with Crippen molar-refractivity contribution in [2.75, 3.05) is 7.11 Å². The normalized spacial score (nSPS) is 10.2. The lowest BCUT2D eigenvalue weighted by Crippen LogP contribution is -2.05. The quantitative estimate of drug-likeness (QED) is 0.947. The smallest absolute Gasteiger partial charge is 0.352 e. The average molecular weight is 296 g/mol. The fraction of sp³-hybridized carbons (Fsp3) is 0.0833. The Morgan fingerprint density at radius 2 is 2.18 bits per heavy atom. The van der Waals surface area contributed by atoms with Crippen molar-refractivity contribution in [2.45, 2.75) is 0 Å². The zero-order valence-electron chi connectivity index (χ0n) is 9.05. The summed E-state index contributed by atoms with van der Waals surface area (Å²) in [5, 5.41) is 9.09. The molecule has 0 amide bonds. The summed E-state index contributed by atoms with van der Waals surface area (Å²) < 4.78 is 7.42. The van der Waals surface area contributed by atoms with Crippen molar-refractivity contribution < 1.29 is 14.6 Å². The van der Waals surface area contributed by atoms with E-state index in [9.17, 15) is 4.79 Å². The number of aromatic carboxylic acids is 1. The second-order valence-corrected chi connectivity index (χ2v) is 4.34. The first-order valence-corrected chi connectivity index (χ1v) is 5.66. The molecule has 0 saturated heterocycles. The van der Waals surface area contributed by atoms with Crippen LogP contribution in [0.15, 0.2) is 41.0 Å². The number of carboxylic acid groups (broad SMARTS) is 1. The van der Waals surface area contributed by atoms with E-state index < -0.39 is 5.97 Å². The number of hydrogen-bond donors (Lipinski definition) is 1. The van der Waals surface area contributed by atoms with Crippen molar-refractivity contribution in [1.82, 2.24) is 4.57 Å². The molecule has 0 saturated carbocycles. The first kappa shape index (κ1) is 11.7. The Labute approximate surface area is 107 Å². The minimum Gasteiger partial charge on any atom is -0.497 e. The van der Waals surface area contributed by atoms with Crippen molar-refractivity contribution in [1.29, 1.82) is 0 Å². The molecule has 1 aromatic heterocycles. The van der Waals surface area contributed by atoms with Crippen LogP contribution in [-0.4, -0.2) is 22.8 Å². The molecular formula is C12H10BrNO3. The summed E-state index contributed by atoms with van der Waals surface area (Å²) in [7, 11) is 1.57. The van der Waals surface area contributed by atoms with Crippen LogP contribution in [0.3, 0.4) is 0 Å². The summed E-state index contributed by atoms with van der Waals surface area (Å²) in [6.45, 7) is 0. The van der Waals surface area contributed by atoms with E-state index in [0.29, 0.717) is 5.75 Å². The fourth-order valence-electron chi connectivity index (χ4n) is 1.57. The number of carbonyl (C=O) groups is 1. The predicted molar refractivity (Wildman–Crippen MR) is 67.0 cm³/mol. The zero-order chi connectivity index (χ0) is 12.4. The summed E-state index contributed by atoms with van der Waals surface area (Å²) >= 11 is 3.27. The lowest BCUT2D eigenvalue weighted by molar-refractivity contribution is 0.0688. The number of carboxylic acids is 1. The van der Waals surface area contributed by atoms with Gasteiger partial charge in [0.2, 0.25) is 0 Å². The van der Waals surface area contributed by atoms with E-state index >= 15 is 0 Å². The van der Waals surface area contributed by atoms with Gasteiger partial charge < -0.3 is 14.4 Å². The van der Waals surface area contributed by atoms with E-state index in [-0.39, 0.29) is 5.69 Å². The topological polar surface area (TPSA) is 51.5 Å². The minimum atomic E-state index is -0.974. The van der Waals surface area contributed by atoms with Gasteiger partial charge in [0, 0.05) is 22.4 Å². The summed E-state index contributed by atoms with van der Waals surface area (Å²) in [5.74, 6) is -0.290. The third kappa shape index (κ3) is 2.34. The number of nitrogens with zero attached hydrogens (tertiary/aromatic N) is 1. The Hall–Kier alpha value is -1.75. The third-order valence-corrected chi connectivity index (χ3v) is 2.77. The Bertz CT molecular complexity index is 563. The number of rotatable bonds is 3. The summed E-state index contributed by atoms with van der Waals surface area (Å²) in [5.41, 5.74) is 0.942. The Balaban J connectivity index is 2.55. The van der Waals surface area contributed by atoms with Gasteiger partial charge in [0.15, 0.2) is 0 Å². The largest absolute Gasteiger partial charge is 0.497 e. The van der Waals surface area contributed by atoms with E-state index in [2.05, 4.69) is 15.9 Å². The van der Waals surface area contributed by atoms with Crippen LogP contribution in [0.2, 0.25) is 0 Å². The van der Waals surface area contributed by atoms with E-state index in [1.807, 2.05) is 18.2 Å². The molecule has 1 heterocycles. The molecule has 1 N–H and O–H groups in total. The standard InChI is InChI=1S/C12H10BrNO3/c1-17-10-4-2-3-9(6-10)14-7-8(13)5-11(14)12(15)16/h2-7H,1H3,(H,15,16). The molecule has 17 heavy (non-hydrogen) atoms. The van der Waals surface area contributed by atoms with Gasteiger partial charge in [-0.15, -0.1) is 0 Å². The molecule has 0 unspecified atom stereocenters. The average Bonchev–Trinajstić information content (AvgIpc) is 2.72. The summed E-state index contributed by atoms with van der Waals surface area (Å²) in [4.78, 5) is 11.1. The molecule has 0 radical (unpaired) electrons. The highest BCUT2D eigenvalue weighted by atomic mass is 79.9. The van der Waals surface area contributed by atoms with Crippen LogP contribution in [0.25, 0.3) is 5.69 Å². The van der Waals surface area contributed by atoms with Crippen molar-refractivity contribution in [3.8, 4) is 11.4 Å². The van der Waals surface area contributed by atoms with Crippen molar-refractivity contribution in [3.05, 3.63) is 46.7 Å². The third-order valence-electron chi connectivity index (χ3n) is 2.34. The molecule has 0 aliphatic heterocycles. The SMILES string of the molecule is COc1cccc(-n2cc(Br)cc2C(=O)O)c1. The second-order valence-electron chi connectivity index (χ2n) is 3.42. The molecule has 1 aromatic carbocycles. The first-order valence-electron chi connectivity index (χ1n) is 4.87. The second kappa shape index (κ2) is 4.63. The zero-order valence-corrected chi connectivity index (χ0v) is 10.6. The number of hydrogen-bond acceptors (Lipinski definition) is 2. The van der Waals surface area contributed by atoms with Gasteiger partial charge in [0.25, 0.3) is 0 Å².